The Bertz CT molecular complexity index is 663. The maximum Gasteiger partial charge on any atom is 0.281 e. The third-order valence-corrected chi connectivity index (χ3v) is 4.25. The standard InChI is InChI=1S/C11H14N4O2S/c1-8-13-7-11(14-8)18(16,17)15(2)10-5-3-4-9(12)6-10/h3-7H,12H2,1-2H3,(H,13,14). The number of hydrogen-bond donors (Lipinski definition) is 2. The van der Waals surface area contributed by atoms with Gasteiger partial charge >= 0.3 is 0 Å². The monoisotopic (exact) mass is 266 g/mol. The molecule has 0 atom stereocenters. The van der Waals surface area contributed by atoms with Crippen molar-refractivity contribution in [3.05, 3.63) is 36.3 Å². The summed E-state index contributed by atoms with van der Waals surface area (Å²) in [5.74, 6) is 0.551. The van der Waals surface area contributed by atoms with Crippen LogP contribution in [0.3, 0.4) is 0 Å². The Kier molecular flexibility index (Phi) is 3.00. The van der Waals surface area contributed by atoms with Gasteiger partial charge in [-0.25, -0.2) is 4.98 Å². The minimum Gasteiger partial charge on any atom is -0.399 e. The molecule has 0 unspecified atom stereocenters. The number of sulfonamides is 1. The number of aromatic amines is 1. The summed E-state index contributed by atoms with van der Waals surface area (Å²) >= 11 is 0. The number of nitrogens with two attached hydrogens (primary N) is 1. The number of nitrogens with zero attached hydrogens (tertiary/aromatic N) is 2. The quantitative estimate of drug-likeness (QED) is 0.814. The van der Waals surface area contributed by atoms with Crippen molar-refractivity contribution in [2.45, 2.75) is 11.9 Å². The molecule has 1 aromatic carbocycles. The van der Waals surface area contributed by atoms with Gasteiger partial charge < -0.3 is 10.7 Å². The normalized spacial score (nSPS) is 11.4. The highest BCUT2D eigenvalue weighted by Crippen LogP contribution is 2.22. The third-order valence-electron chi connectivity index (χ3n) is 2.55. The third kappa shape index (κ3) is 2.17. The summed E-state index contributed by atoms with van der Waals surface area (Å²) in [5.41, 5.74) is 6.65. The van der Waals surface area contributed by atoms with E-state index < -0.39 is 10.0 Å². The Morgan fingerprint density at radius 2 is 2.11 bits per heavy atom. The maximum absolute atomic E-state index is 12.3. The predicted molar refractivity (Wildman–Crippen MR) is 69.8 cm³/mol. The summed E-state index contributed by atoms with van der Waals surface area (Å²) in [7, 11) is -2.16. The molecule has 0 amide bonds. The van der Waals surface area contributed by atoms with Crippen LogP contribution in [-0.4, -0.2) is 25.4 Å². The van der Waals surface area contributed by atoms with Gasteiger partial charge in [0.15, 0.2) is 5.03 Å². The van der Waals surface area contributed by atoms with E-state index in [-0.39, 0.29) is 5.03 Å². The first-order valence-electron chi connectivity index (χ1n) is 5.27. The van der Waals surface area contributed by atoms with Crippen LogP contribution in [0.5, 0.6) is 0 Å². The minimum atomic E-state index is -3.63. The highest BCUT2D eigenvalue weighted by Gasteiger charge is 2.23. The zero-order valence-electron chi connectivity index (χ0n) is 10.1. The number of anilines is 2. The highest BCUT2D eigenvalue weighted by molar-refractivity contribution is 7.92. The second-order valence-electron chi connectivity index (χ2n) is 3.90. The van der Waals surface area contributed by atoms with Gasteiger partial charge in [0.25, 0.3) is 10.0 Å². The van der Waals surface area contributed by atoms with Crippen LogP contribution in [0.25, 0.3) is 0 Å². The number of rotatable bonds is 3. The lowest BCUT2D eigenvalue weighted by molar-refractivity contribution is 0.591. The molecular weight excluding hydrogens is 252 g/mol. The number of aromatic nitrogens is 2. The predicted octanol–water partition coefficient (Wildman–Crippen LogP) is 1.13. The van der Waals surface area contributed by atoms with Gasteiger partial charge in [0.2, 0.25) is 0 Å². The van der Waals surface area contributed by atoms with E-state index in [0.717, 1.165) is 4.31 Å². The topological polar surface area (TPSA) is 92.1 Å². The highest BCUT2D eigenvalue weighted by atomic mass is 32.2. The Balaban J connectivity index is 2.42. The first kappa shape index (κ1) is 12.4. The second kappa shape index (κ2) is 4.34. The van der Waals surface area contributed by atoms with Gasteiger partial charge in [-0.1, -0.05) is 6.07 Å². The van der Waals surface area contributed by atoms with E-state index in [2.05, 4.69) is 9.97 Å². The van der Waals surface area contributed by atoms with E-state index in [1.807, 2.05) is 0 Å². The molecule has 0 saturated heterocycles. The average molecular weight is 266 g/mol. The Labute approximate surface area is 106 Å². The van der Waals surface area contributed by atoms with E-state index in [4.69, 9.17) is 5.73 Å². The lowest BCUT2D eigenvalue weighted by Gasteiger charge is -2.18. The molecule has 1 aromatic heterocycles. The molecule has 3 N–H and O–H groups in total. The van der Waals surface area contributed by atoms with Gasteiger partial charge in [0.1, 0.15) is 5.82 Å². The Morgan fingerprint density at radius 3 is 2.67 bits per heavy atom. The SMILES string of the molecule is Cc1ncc(S(=O)(=O)N(C)c2cccc(N)c2)[nH]1. The number of H-pyrrole nitrogens is 1. The van der Waals surface area contributed by atoms with Gasteiger partial charge in [-0.05, 0) is 25.1 Å². The van der Waals surface area contributed by atoms with Gasteiger partial charge in [0.05, 0.1) is 11.9 Å². The van der Waals surface area contributed by atoms with Crippen LogP contribution in [0.15, 0.2) is 35.5 Å². The fraction of sp³-hybridized carbons (Fsp3) is 0.182. The lowest BCUT2D eigenvalue weighted by Crippen LogP contribution is -2.26. The molecule has 96 valence electrons. The number of benzene rings is 1. The zero-order valence-corrected chi connectivity index (χ0v) is 10.9. The van der Waals surface area contributed by atoms with Crippen molar-refractivity contribution >= 4 is 21.4 Å². The van der Waals surface area contributed by atoms with Crippen molar-refractivity contribution in [2.75, 3.05) is 17.1 Å². The molecule has 0 aliphatic heterocycles. The largest absolute Gasteiger partial charge is 0.399 e. The number of imidazole rings is 1. The molecular formula is C11H14N4O2S. The molecule has 6 nitrogen and oxygen atoms in total. The Morgan fingerprint density at radius 1 is 1.39 bits per heavy atom. The zero-order chi connectivity index (χ0) is 13.3. The number of aryl methyl sites for hydroxylation is 1. The van der Waals surface area contributed by atoms with Crippen molar-refractivity contribution in [1.82, 2.24) is 9.97 Å². The molecule has 2 aromatic rings. The first-order valence-corrected chi connectivity index (χ1v) is 6.71. The second-order valence-corrected chi connectivity index (χ2v) is 5.84. The van der Waals surface area contributed by atoms with Gasteiger partial charge in [-0.15, -0.1) is 0 Å². The minimum absolute atomic E-state index is 0.0601. The van der Waals surface area contributed by atoms with Gasteiger partial charge in [0, 0.05) is 12.7 Å². The fourth-order valence-electron chi connectivity index (χ4n) is 1.54. The van der Waals surface area contributed by atoms with Crippen molar-refractivity contribution in [3.63, 3.8) is 0 Å². The van der Waals surface area contributed by atoms with Crippen LogP contribution < -0.4 is 10.0 Å². The summed E-state index contributed by atoms with van der Waals surface area (Å²) in [5, 5.41) is 0.0601. The molecule has 0 radical (unpaired) electrons. The van der Waals surface area contributed by atoms with Crippen molar-refractivity contribution in [2.24, 2.45) is 0 Å². The maximum atomic E-state index is 12.3. The molecule has 0 spiro atoms. The number of nitrogens with one attached hydrogen (secondary N) is 1. The first-order chi connectivity index (χ1) is 8.41. The molecule has 0 bridgehead atoms. The van der Waals surface area contributed by atoms with E-state index >= 15 is 0 Å². The summed E-state index contributed by atoms with van der Waals surface area (Å²) in [6, 6.07) is 6.68. The van der Waals surface area contributed by atoms with Crippen LogP contribution in [-0.2, 0) is 10.0 Å². The molecule has 0 fully saturated rings. The van der Waals surface area contributed by atoms with Gasteiger partial charge in [-0.3, -0.25) is 4.31 Å². The lowest BCUT2D eigenvalue weighted by atomic mass is 10.3. The molecule has 0 aliphatic carbocycles. The van der Waals surface area contributed by atoms with Gasteiger partial charge in [-0.2, -0.15) is 8.42 Å². The van der Waals surface area contributed by atoms with Crippen molar-refractivity contribution < 1.29 is 8.42 Å². The van der Waals surface area contributed by atoms with E-state index in [1.165, 1.54) is 13.2 Å². The van der Waals surface area contributed by atoms with Crippen LogP contribution >= 0.6 is 0 Å². The molecule has 18 heavy (non-hydrogen) atoms. The molecule has 2 rings (SSSR count). The molecule has 0 saturated carbocycles. The number of hydrogen-bond acceptors (Lipinski definition) is 4. The van der Waals surface area contributed by atoms with Crippen LogP contribution in [0.2, 0.25) is 0 Å². The van der Waals surface area contributed by atoms with Crippen molar-refractivity contribution in [1.29, 1.82) is 0 Å². The molecule has 1 heterocycles. The summed E-state index contributed by atoms with van der Waals surface area (Å²) < 4.78 is 25.7. The summed E-state index contributed by atoms with van der Waals surface area (Å²) in [6.45, 7) is 1.69. The summed E-state index contributed by atoms with van der Waals surface area (Å²) in [6.07, 6.45) is 1.30. The van der Waals surface area contributed by atoms with Crippen LogP contribution in [0, 0.1) is 6.92 Å². The smallest absolute Gasteiger partial charge is 0.281 e. The van der Waals surface area contributed by atoms with E-state index in [0.29, 0.717) is 17.2 Å². The van der Waals surface area contributed by atoms with E-state index in [9.17, 15) is 8.42 Å². The Hall–Kier alpha value is -2.02. The molecule has 7 heteroatoms. The number of nitrogen functional groups attached to an aromatic ring is 1. The fourth-order valence-corrected chi connectivity index (χ4v) is 2.69. The van der Waals surface area contributed by atoms with Crippen LogP contribution in [0.4, 0.5) is 11.4 Å². The molecule has 0 aliphatic rings. The van der Waals surface area contributed by atoms with Crippen molar-refractivity contribution in [3.8, 4) is 0 Å². The van der Waals surface area contributed by atoms with E-state index in [1.54, 1.807) is 31.2 Å². The summed E-state index contributed by atoms with van der Waals surface area (Å²) in [4.78, 5) is 6.60. The average Bonchev–Trinajstić information content (AvgIpc) is 2.75. The van der Waals surface area contributed by atoms with Crippen LogP contribution in [0.1, 0.15) is 5.82 Å².